The van der Waals surface area contributed by atoms with Crippen molar-refractivity contribution in [2.45, 2.75) is 129 Å². The van der Waals surface area contributed by atoms with Gasteiger partial charge in [0.2, 0.25) is 0 Å². The Morgan fingerprint density at radius 2 is 0.630 bits per heavy atom. The Balaban J connectivity index is 0. The lowest BCUT2D eigenvalue weighted by Gasteiger charge is -2.24. The number of rotatable bonds is 30. The molecule has 46 heavy (non-hydrogen) atoms. The summed E-state index contributed by atoms with van der Waals surface area (Å²) in [6.07, 6.45) is 18.4. The van der Waals surface area contributed by atoms with Gasteiger partial charge in [0.15, 0.2) is 0 Å². The number of unbranched alkanes of at least 4 members (excludes halogenated alkanes) is 14. The Morgan fingerprint density at radius 1 is 0.413 bits per heavy atom. The fourth-order valence-electron chi connectivity index (χ4n) is 4.70. The van der Waals surface area contributed by atoms with E-state index in [2.05, 4.69) is 13.2 Å². The number of carbonyl (C=O) groups excluding carboxylic acids is 2. The van der Waals surface area contributed by atoms with E-state index >= 15 is 0 Å². The smallest absolute Gasteiger partial charge is 0.462 e. The summed E-state index contributed by atoms with van der Waals surface area (Å²) in [6.45, 7) is 11.5. The molecule has 0 saturated heterocycles. The van der Waals surface area contributed by atoms with Crippen molar-refractivity contribution in [3.63, 3.8) is 0 Å². The maximum Gasteiger partial charge on any atom is 0.500 e. The van der Waals surface area contributed by atoms with E-state index in [-0.39, 0.29) is 11.9 Å². The van der Waals surface area contributed by atoms with Crippen molar-refractivity contribution < 1.29 is 45.6 Å². The monoisotopic (exact) mass is 692 g/mol. The first kappa shape index (κ1) is 46.7. The van der Waals surface area contributed by atoms with Gasteiger partial charge in [-0.1, -0.05) is 90.2 Å². The first-order chi connectivity index (χ1) is 22.0. The SMILES string of the molecule is C=C(C)C(=O)OCCCCCCCCCC[Si](OC)(OC)OC.C=C(C)C(=O)OCCCCCCCCCC[Si](OC)(OC)OC. The minimum atomic E-state index is -2.37. The highest BCUT2D eigenvalue weighted by Crippen LogP contribution is 2.19. The molecule has 272 valence electrons. The van der Waals surface area contributed by atoms with Crippen LogP contribution in [0.2, 0.25) is 12.1 Å². The molecule has 0 aliphatic heterocycles. The van der Waals surface area contributed by atoms with Crippen LogP contribution in [0.15, 0.2) is 24.3 Å². The molecular weight excluding hydrogens is 625 g/mol. The molecule has 0 aromatic rings. The lowest BCUT2D eigenvalue weighted by molar-refractivity contribution is -0.139. The van der Waals surface area contributed by atoms with Crippen LogP contribution in [0.4, 0.5) is 0 Å². The molecule has 12 heteroatoms. The predicted octanol–water partition coefficient (Wildman–Crippen LogP) is 8.21. The van der Waals surface area contributed by atoms with Gasteiger partial charge in [0, 0.05) is 65.9 Å². The van der Waals surface area contributed by atoms with Gasteiger partial charge in [-0.05, 0) is 39.5 Å². The van der Waals surface area contributed by atoms with Crippen LogP contribution in [0.1, 0.15) is 117 Å². The number of carbonyl (C=O) groups is 2. The topological polar surface area (TPSA) is 108 Å². The third kappa shape index (κ3) is 24.7. The quantitative estimate of drug-likeness (QED) is 0.0316. The van der Waals surface area contributed by atoms with Gasteiger partial charge in [-0.2, -0.15) is 0 Å². The van der Waals surface area contributed by atoms with E-state index in [0.717, 1.165) is 50.6 Å². The van der Waals surface area contributed by atoms with E-state index in [0.29, 0.717) is 24.4 Å². The summed E-state index contributed by atoms with van der Waals surface area (Å²) in [5.74, 6) is -0.569. The second kappa shape index (κ2) is 30.9. The molecule has 0 bridgehead atoms. The number of esters is 2. The summed E-state index contributed by atoms with van der Waals surface area (Å²) in [7, 11) is 5.21. The molecule has 0 aliphatic carbocycles. The van der Waals surface area contributed by atoms with E-state index in [1.807, 2.05) is 0 Å². The van der Waals surface area contributed by atoms with E-state index in [9.17, 15) is 9.59 Å². The number of hydrogen-bond donors (Lipinski definition) is 0. The molecule has 0 unspecified atom stereocenters. The zero-order valence-corrected chi connectivity index (χ0v) is 32.6. The van der Waals surface area contributed by atoms with Crippen molar-refractivity contribution in [3.05, 3.63) is 24.3 Å². The summed E-state index contributed by atoms with van der Waals surface area (Å²) in [4.78, 5) is 22.3. The van der Waals surface area contributed by atoms with Crippen molar-refractivity contribution in [1.29, 1.82) is 0 Å². The lowest BCUT2D eigenvalue weighted by Crippen LogP contribution is -2.42. The van der Waals surface area contributed by atoms with Gasteiger partial charge in [0.25, 0.3) is 0 Å². The minimum Gasteiger partial charge on any atom is -0.462 e. The van der Waals surface area contributed by atoms with E-state index in [1.165, 1.54) is 64.2 Å². The Kier molecular flexibility index (Phi) is 31.4. The average molecular weight is 693 g/mol. The van der Waals surface area contributed by atoms with Crippen LogP contribution in [0, 0.1) is 0 Å². The van der Waals surface area contributed by atoms with Gasteiger partial charge in [-0.25, -0.2) is 9.59 Å². The highest BCUT2D eigenvalue weighted by Gasteiger charge is 2.37. The number of hydrogen-bond acceptors (Lipinski definition) is 10. The van der Waals surface area contributed by atoms with Crippen LogP contribution < -0.4 is 0 Å². The Hall–Kier alpha value is -1.39. The summed E-state index contributed by atoms with van der Waals surface area (Å²) in [5, 5.41) is 0. The summed E-state index contributed by atoms with van der Waals surface area (Å²) in [6, 6.07) is 1.76. The van der Waals surface area contributed by atoms with Crippen LogP contribution in [-0.4, -0.2) is 85.4 Å². The van der Waals surface area contributed by atoms with Crippen molar-refractivity contribution in [2.75, 3.05) is 55.9 Å². The third-order valence-corrected chi connectivity index (χ3v) is 13.4. The van der Waals surface area contributed by atoms with Gasteiger partial charge in [-0.3, -0.25) is 0 Å². The van der Waals surface area contributed by atoms with Gasteiger partial charge in [0.1, 0.15) is 0 Å². The van der Waals surface area contributed by atoms with E-state index < -0.39 is 17.6 Å². The highest BCUT2D eigenvalue weighted by molar-refractivity contribution is 6.60. The highest BCUT2D eigenvalue weighted by atomic mass is 28.4. The Labute approximate surface area is 283 Å². The van der Waals surface area contributed by atoms with Crippen LogP contribution in [0.3, 0.4) is 0 Å². The second-order valence-electron chi connectivity index (χ2n) is 11.6. The van der Waals surface area contributed by atoms with Crippen LogP contribution in [0.25, 0.3) is 0 Å². The zero-order valence-electron chi connectivity index (χ0n) is 30.6. The molecular formula is C34H68O10Si2. The Morgan fingerprint density at radius 3 is 0.848 bits per heavy atom. The first-order valence-electron chi connectivity index (χ1n) is 17.0. The normalized spacial score (nSPS) is 11.5. The van der Waals surface area contributed by atoms with E-state index in [1.54, 1.807) is 56.5 Å². The van der Waals surface area contributed by atoms with Crippen LogP contribution in [0.5, 0.6) is 0 Å². The summed E-state index contributed by atoms with van der Waals surface area (Å²) < 4.78 is 42.5. The maximum absolute atomic E-state index is 11.2. The molecule has 10 nitrogen and oxygen atoms in total. The standard InChI is InChI=1S/2C17H34O5Si/c2*1-16(2)17(18)22-14-12-10-8-6-7-9-11-13-15-23(19-3,20-4)21-5/h2*1,6-15H2,2-5H3. The fourth-order valence-corrected chi connectivity index (χ4v) is 8.29. The molecule has 0 fully saturated rings. The second-order valence-corrected chi connectivity index (χ2v) is 17.8. The van der Waals surface area contributed by atoms with Gasteiger partial charge in [0.05, 0.1) is 13.2 Å². The molecule has 0 aliphatic rings. The average Bonchev–Trinajstić information content (AvgIpc) is 3.06. The van der Waals surface area contributed by atoms with Crippen LogP contribution in [-0.2, 0) is 45.6 Å². The van der Waals surface area contributed by atoms with Crippen molar-refractivity contribution in [3.8, 4) is 0 Å². The Bertz CT molecular complexity index is 705. The minimum absolute atomic E-state index is 0.284. The van der Waals surface area contributed by atoms with Crippen LogP contribution >= 0.6 is 0 Å². The molecule has 0 saturated carbocycles. The van der Waals surface area contributed by atoms with Gasteiger partial charge >= 0.3 is 29.5 Å². The molecule has 0 heterocycles. The van der Waals surface area contributed by atoms with Gasteiger partial charge in [-0.15, -0.1) is 0 Å². The molecule has 0 aromatic carbocycles. The summed E-state index contributed by atoms with van der Waals surface area (Å²) >= 11 is 0. The predicted molar refractivity (Wildman–Crippen MR) is 189 cm³/mol. The molecule has 0 amide bonds. The van der Waals surface area contributed by atoms with E-state index in [4.69, 9.17) is 36.0 Å². The molecule has 0 atom stereocenters. The van der Waals surface area contributed by atoms with Gasteiger partial charge < -0.3 is 36.0 Å². The third-order valence-electron chi connectivity index (χ3n) is 7.78. The molecule has 0 rings (SSSR count). The zero-order chi connectivity index (χ0) is 35.1. The molecule has 0 N–H and O–H groups in total. The van der Waals surface area contributed by atoms with Crippen molar-refractivity contribution in [2.24, 2.45) is 0 Å². The largest absolute Gasteiger partial charge is 0.500 e. The maximum atomic E-state index is 11.2. The fraction of sp³-hybridized carbons (Fsp3) is 0.824. The summed E-state index contributed by atoms with van der Waals surface area (Å²) in [5.41, 5.74) is 0.931. The van der Waals surface area contributed by atoms with Crippen molar-refractivity contribution >= 4 is 29.5 Å². The molecule has 0 aromatic heterocycles. The van der Waals surface area contributed by atoms with Crippen molar-refractivity contribution in [1.82, 2.24) is 0 Å². The molecule has 0 spiro atoms. The molecule has 0 radical (unpaired) electrons. The lowest BCUT2D eigenvalue weighted by atomic mass is 10.1. The first-order valence-corrected chi connectivity index (χ1v) is 20.8. The number of ether oxygens (including phenoxy) is 2.